The summed E-state index contributed by atoms with van der Waals surface area (Å²) in [4.78, 5) is 19.9. The van der Waals surface area contributed by atoms with E-state index >= 15 is 0 Å². The highest BCUT2D eigenvalue weighted by molar-refractivity contribution is 5.96. The molecule has 1 spiro atoms. The van der Waals surface area contributed by atoms with Gasteiger partial charge in [-0.25, -0.2) is 14.2 Å². The average molecular weight is 427 g/mol. The summed E-state index contributed by atoms with van der Waals surface area (Å²) in [6, 6.07) is 1.64. The molecule has 5 rings (SSSR count). The molecule has 0 aromatic carbocycles. The van der Waals surface area contributed by atoms with Crippen molar-refractivity contribution in [3.63, 3.8) is 0 Å². The van der Waals surface area contributed by atoms with E-state index in [0.29, 0.717) is 44.2 Å². The van der Waals surface area contributed by atoms with Crippen LogP contribution in [0, 0.1) is 11.7 Å². The molecule has 1 aliphatic carbocycles. The van der Waals surface area contributed by atoms with Crippen molar-refractivity contribution >= 4 is 36.1 Å². The van der Waals surface area contributed by atoms with Crippen LogP contribution in [0.1, 0.15) is 18.4 Å². The summed E-state index contributed by atoms with van der Waals surface area (Å²) in [7, 11) is 0. The number of anilines is 2. The van der Waals surface area contributed by atoms with Crippen molar-refractivity contribution in [3.8, 4) is 0 Å². The second-order valence-electron chi connectivity index (χ2n) is 7.86. The summed E-state index contributed by atoms with van der Waals surface area (Å²) in [6.07, 6.45) is 3.50. The van der Waals surface area contributed by atoms with E-state index in [0.717, 1.165) is 12.8 Å². The molecule has 0 radical (unpaired) electrons. The van der Waals surface area contributed by atoms with Gasteiger partial charge in [-0.15, -0.1) is 12.4 Å². The third-order valence-corrected chi connectivity index (χ3v) is 6.00. The minimum atomic E-state index is -0.983. The molecule has 1 atom stereocenters. The molecule has 0 amide bonds. The van der Waals surface area contributed by atoms with E-state index in [2.05, 4.69) is 4.98 Å². The molecule has 1 aromatic rings. The first-order valence-corrected chi connectivity index (χ1v) is 9.65. The molecular weight excluding hydrogens is 403 g/mol. The van der Waals surface area contributed by atoms with Crippen molar-refractivity contribution in [2.45, 2.75) is 24.7 Å². The number of halogens is 2. The van der Waals surface area contributed by atoms with Crippen molar-refractivity contribution < 1.29 is 23.8 Å². The van der Waals surface area contributed by atoms with Gasteiger partial charge in [0, 0.05) is 30.6 Å². The van der Waals surface area contributed by atoms with E-state index in [1.54, 1.807) is 0 Å². The minimum Gasteiger partial charge on any atom is -0.478 e. The number of aliphatic carboxylic acids is 1. The van der Waals surface area contributed by atoms with Gasteiger partial charge in [-0.3, -0.25) is 0 Å². The van der Waals surface area contributed by atoms with Gasteiger partial charge in [-0.1, -0.05) is 0 Å². The molecule has 158 valence electrons. The van der Waals surface area contributed by atoms with E-state index in [1.165, 1.54) is 12.1 Å². The van der Waals surface area contributed by atoms with Crippen LogP contribution in [0.3, 0.4) is 0 Å². The van der Waals surface area contributed by atoms with Gasteiger partial charge in [0.05, 0.1) is 31.9 Å². The summed E-state index contributed by atoms with van der Waals surface area (Å²) < 4.78 is 26.7. The summed E-state index contributed by atoms with van der Waals surface area (Å²) in [5, 5.41) is 9.40. The molecule has 2 saturated heterocycles. The van der Waals surface area contributed by atoms with Gasteiger partial charge in [0.1, 0.15) is 5.82 Å². The summed E-state index contributed by atoms with van der Waals surface area (Å²) in [6.45, 7) is 2.54. The first-order valence-electron chi connectivity index (χ1n) is 9.65. The molecule has 1 aromatic heterocycles. The van der Waals surface area contributed by atoms with Gasteiger partial charge in [0.25, 0.3) is 0 Å². The second kappa shape index (κ2) is 7.39. The molecule has 1 saturated carbocycles. The Labute approximate surface area is 173 Å². The smallest absolute Gasteiger partial charge is 0.333 e. The maximum atomic E-state index is 15.0. The standard InChI is InChI=1S/C19H23FN4O4.ClH/c20-15-6-11-5-12(18(25)26)8-24(14-1-2-14)16(11)22-17(15)23-9-13(7-21)19(10-23)27-3-4-28-19;/h5-6,13-14H,1-4,7-10,21H2,(H,25,26);1H. The Morgan fingerprint density at radius 1 is 1.34 bits per heavy atom. The molecule has 4 aliphatic rings. The van der Waals surface area contributed by atoms with Crippen LogP contribution in [0.15, 0.2) is 11.6 Å². The van der Waals surface area contributed by atoms with Crippen LogP contribution in [0.25, 0.3) is 6.08 Å². The lowest BCUT2D eigenvalue weighted by molar-refractivity contribution is -0.166. The zero-order chi connectivity index (χ0) is 19.5. The number of carbonyl (C=O) groups is 1. The minimum absolute atomic E-state index is 0. The maximum Gasteiger partial charge on any atom is 0.333 e. The number of carboxylic acid groups (broad SMARTS) is 1. The fourth-order valence-electron chi connectivity index (χ4n) is 4.43. The van der Waals surface area contributed by atoms with Gasteiger partial charge < -0.3 is 30.1 Å². The van der Waals surface area contributed by atoms with E-state index in [1.807, 2.05) is 9.80 Å². The van der Waals surface area contributed by atoms with Crippen molar-refractivity contribution in [2.75, 3.05) is 49.2 Å². The van der Waals surface area contributed by atoms with Gasteiger partial charge in [0.2, 0.25) is 0 Å². The second-order valence-corrected chi connectivity index (χ2v) is 7.86. The highest BCUT2D eigenvalue weighted by atomic mass is 35.5. The summed E-state index contributed by atoms with van der Waals surface area (Å²) in [5.74, 6) is -1.45. The third-order valence-electron chi connectivity index (χ3n) is 6.00. The Morgan fingerprint density at radius 3 is 2.69 bits per heavy atom. The van der Waals surface area contributed by atoms with Crippen LogP contribution >= 0.6 is 12.4 Å². The highest BCUT2D eigenvalue weighted by Crippen LogP contribution is 2.41. The molecule has 1 unspecified atom stereocenters. The molecule has 3 fully saturated rings. The van der Waals surface area contributed by atoms with Gasteiger partial charge in [0.15, 0.2) is 17.4 Å². The molecule has 4 heterocycles. The Kier molecular flexibility index (Phi) is 5.18. The highest BCUT2D eigenvalue weighted by Gasteiger charge is 2.51. The zero-order valence-electron chi connectivity index (χ0n) is 15.8. The van der Waals surface area contributed by atoms with Crippen LogP contribution in [0.5, 0.6) is 0 Å². The quantitative estimate of drug-likeness (QED) is 0.741. The number of aromatic nitrogens is 1. The number of hydrogen-bond acceptors (Lipinski definition) is 7. The van der Waals surface area contributed by atoms with E-state index < -0.39 is 17.6 Å². The van der Waals surface area contributed by atoms with E-state index in [9.17, 15) is 14.3 Å². The van der Waals surface area contributed by atoms with Crippen LogP contribution in [-0.2, 0) is 14.3 Å². The topological polar surface area (TPSA) is 101 Å². The van der Waals surface area contributed by atoms with E-state index in [4.69, 9.17) is 15.2 Å². The lowest BCUT2D eigenvalue weighted by atomic mass is 10.0. The first-order chi connectivity index (χ1) is 13.5. The molecule has 29 heavy (non-hydrogen) atoms. The van der Waals surface area contributed by atoms with Gasteiger partial charge in [-0.2, -0.15) is 0 Å². The van der Waals surface area contributed by atoms with Crippen LogP contribution in [0.2, 0.25) is 0 Å². The fraction of sp³-hybridized carbons (Fsp3) is 0.579. The summed E-state index contributed by atoms with van der Waals surface area (Å²) >= 11 is 0. The number of fused-ring (bicyclic) bond motifs is 1. The Hall–Kier alpha value is -1.94. The fourth-order valence-corrected chi connectivity index (χ4v) is 4.43. The molecule has 0 bridgehead atoms. The van der Waals surface area contributed by atoms with Gasteiger partial charge >= 0.3 is 5.97 Å². The third kappa shape index (κ3) is 3.35. The largest absolute Gasteiger partial charge is 0.478 e. The monoisotopic (exact) mass is 426 g/mol. The lowest BCUT2D eigenvalue weighted by Crippen LogP contribution is -2.42. The first kappa shape index (κ1) is 20.3. The number of hydrogen-bond donors (Lipinski definition) is 2. The number of carboxylic acids is 1. The predicted molar refractivity (Wildman–Crippen MR) is 107 cm³/mol. The molecule has 3 N–H and O–H groups in total. The van der Waals surface area contributed by atoms with Crippen molar-refractivity contribution in [1.82, 2.24) is 4.98 Å². The van der Waals surface area contributed by atoms with Crippen LogP contribution in [-0.4, -0.2) is 67.3 Å². The number of nitrogens with zero attached hydrogens (tertiary/aromatic N) is 3. The summed E-state index contributed by atoms with van der Waals surface area (Å²) in [5.41, 5.74) is 6.68. The van der Waals surface area contributed by atoms with Crippen LogP contribution < -0.4 is 15.5 Å². The average Bonchev–Trinajstić information content (AvgIpc) is 3.32. The Bertz CT molecular complexity index is 857. The lowest BCUT2D eigenvalue weighted by Gasteiger charge is -2.31. The predicted octanol–water partition coefficient (Wildman–Crippen LogP) is 1.23. The molecular formula is C19H24ClFN4O4. The number of nitrogens with two attached hydrogens (primary N) is 1. The Morgan fingerprint density at radius 2 is 2.07 bits per heavy atom. The molecule has 8 nitrogen and oxygen atoms in total. The van der Waals surface area contributed by atoms with Crippen molar-refractivity contribution in [1.29, 1.82) is 0 Å². The normalized spacial score (nSPS) is 25.0. The molecule has 3 aliphatic heterocycles. The number of pyridine rings is 1. The molecule has 10 heteroatoms. The maximum absolute atomic E-state index is 15.0. The number of ether oxygens (including phenoxy) is 2. The number of rotatable bonds is 4. The SMILES string of the molecule is Cl.NCC1CN(c2nc3c(cc2F)C=C(C(=O)O)CN3C2CC2)CC12OCCO2. The zero-order valence-corrected chi connectivity index (χ0v) is 16.7. The van der Waals surface area contributed by atoms with Crippen LogP contribution in [0.4, 0.5) is 16.0 Å². The van der Waals surface area contributed by atoms with Gasteiger partial charge in [-0.05, 0) is 25.0 Å². The van der Waals surface area contributed by atoms with E-state index in [-0.39, 0.29) is 42.3 Å². The van der Waals surface area contributed by atoms with Crippen molar-refractivity contribution in [3.05, 3.63) is 23.0 Å². The Balaban J connectivity index is 0.00000205. The van der Waals surface area contributed by atoms with Crippen molar-refractivity contribution in [2.24, 2.45) is 11.7 Å².